The van der Waals surface area contributed by atoms with E-state index in [2.05, 4.69) is 10.2 Å². The maximum atomic E-state index is 12.9. The van der Waals surface area contributed by atoms with E-state index in [-0.39, 0.29) is 5.01 Å². The number of aliphatic hydroxyl groups is 1. The molecule has 0 unspecified atom stereocenters. The molecule has 0 aromatic carbocycles. The summed E-state index contributed by atoms with van der Waals surface area (Å²) in [5.41, 5.74) is -4.71. The number of hydrogen-bond donors (Lipinski definition) is 1. The number of alkyl halides is 4. The summed E-state index contributed by atoms with van der Waals surface area (Å²) in [6, 6.07) is 0. The van der Waals surface area contributed by atoms with Crippen LogP contribution < -0.4 is 0 Å². The molecule has 0 spiro atoms. The predicted molar refractivity (Wildman–Crippen MR) is 64.7 cm³/mol. The largest absolute Gasteiger partial charge is 0.364 e. The van der Waals surface area contributed by atoms with E-state index in [1.165, 1.54) is 0 Å². The standard InChI is InChI=1S/C10H9F4N5O4/c11-8(12)6-1-10(21,9(13)14)18(16-6)7(20)4-17-3-5(2-15-17)19(22)23/h2-3,8-9,21H,1,4H2/t10-/m0/s1. The minimum absolute atomic E-state index is 0.132. The molecule has 0 radical (unpaired) electrons. The smallest absolute Gasteiger partial charge is 0.307 e. The molecule has 0 bridgehead atoms. The Bertz CT molecular complexity index is 663. The van der Waals surface area contributed by atoms with Crippen LogP contribution in [0.3, 0.4) is 0 Å². The van der Waals surface area contributed by atoms with Crippen molar-refractivity contribution in [3.05, 3.63) is 22.5 Å². The molecule has 2 heterocycles. The Kier molecular flexibility index (Phi) is 4.31. The second-order valence-corrected chi connectivity index (χ2v) is 4.61. The number of hydrazone groups is 1. The number of hydrogen-bond acceptors (Lipinski definition) is 6. The Balaban J connectivity index is 2.22. The van der Waals surface area contributed by atoms with Crippen LogP contribution in [0, 0.1) is 10.1 Å². The lowest BCUT2D eigenvalue weighted by atomic mass is 10.1. The maximum Gasteiger partial charge on any atom is 0.307 e. The summed E-state index contributed by atoms with van der Waals surface area (Å²) in [5.74, 6) is -1.28. The quantitative estimate of drug-likeness (QED) is 0.479. The second-order valence-electron chi connectivity index (χ2n) is 4.61. The molecular weight excluding hydrogens is 330 g/mol. The monoisotopic (exact) mass is 339 g/mol. The van der Waals surface area contributed by atoms with Gasteiger partial charge in [0.15, 0.2) is 0 Å². The number of amides is 1. The first kappa shape index (κ1) is 16.8. The summed E-state index contributed by atoms with van der Waals surface area (Å²) in [6.45, 7) is -0.803. The number of aromatic nitrogens is 2. The van der Waals surface area contributed by atoms with Gasteiger partial charge in [-0.25, -0.2) is 17.6 Å². The van der Waals surface area contributed by atoms with Crippen molar-refractivity contribution in [2.24, 2.45) is 5.10 Å². The van der Waals surface area contributed by atoms with Crippen LogP contribution in [-0.2, 0) is 11.3 Å². The van der Waals surface area contributed by atoms with Gasteiger partial charge in [-0.1, -0.05) is 0 Å². The molecule has 1 aromatic heterocycles. The summed E-state index contributed by atoms with van der Waals surface area (Å²) in [6.07, 6.45) is -6.31. The van der Waals surface area contributed by atoms with Gasteiger partial charge in [-0.2, -0.15) is 15.2 Å². The average molecular weight is 339 g/mol. The fourth-order valence-electron chi connectivity index (χ4n) is 1.89. The minimum atomic E-state index is -3.54. The zero-order valence-corrected chi connectivity index (χ0v) is 11.1. The average Bonchev–Trinajstić information content (AvgIpc) is 3.04. The van der Waals surface area contributed by atoms with Crippen molar-refractivity contribution >= 4 is 17.3 Å². The highest BCUT2D eigenvalue weighted by molar-refractivity contribution is 5.92. The SMILES string of the molecule is O=C(Cn1cc([N+](=O)[O-])cn1)N1N=C(C(F)F)C[C@]1(O)C(F)F. The van der Waals surface area contributed by atoms with Crippen LogP contribution in [0.5, 0.6) is 0 Å². The van der Waals surface area contributed by atoms with E-state index in [1.54, 1.807) is 0 Å². The predicted octanol–water partition coefficient (Wildman–Crippen LogP) is 0.598. The molecule has 0 fully saturated rings. The van der Waals surface area contributed by atoms with E-state index in [0.717, 1.165) is 17.1 Å². The van der Waals surface area contributed by atoms with Gasteiger partial charge in [0, 0.05) is 6.42 Å². The van der Waals surface area contributed by atoms with Gasteiger partial charge in [-0.15, -0.1) is 0 Å². The number of nitro groups is 1. The van der Waals surface area contributed by atoms with Crippen molar-refractivity contribution in [2.45, 2.75) is 31.5 Å². The first-order valence-electron chi connectivity index (χ1n) is 6.01. The van der Waals surface area contributed by atoms with Crippen LogP contribution in [0.4, 0.5) is 23.2 Å². The molecule has 23 heavy (non-hydrogen) atoms. The molecule has 0 saturated carbocycles. The van der Waals surface area contributed by atoms with Crippen LogP contribution in [0.25, 0.3) is 0 Å². The van der Waals surface area contributed by atoms with Gasteiger partial charge in [-0.05, 0) is 0 Å². The van der Waals surface area contributed by atoms with Crippen LogP contribution in [0.2, 0.25) is 0 Å². The van der Waals surface area contributed by atoms with E-state index in [1.807, 2.05) is 0 Å². The molecule has 126 valence electrons. The lowest BCUT2D eigenvalue weighted by Crippen LogP contribution is -2.52. The topological polar surface area (TPSA) is 114 Å². The summed E-state index contributed by atoms with van der Waals surface area (Å²) >= 11 is 0. The number of nitrogens with zero attached hydrogens (tertiary/aromatic N) is 5. The normalized spacial score (nSPS) is 21.2. The summed E-state index contributed by atoms with van der Waals surface area (Å²) < 4.78 is 51.8. The van der Waals surface area contributed by atoms with E-state index >= 15 is 0 Å². The van der Waals surface area contributed by atoms with Gasteiger partial charge in [0.2, 0.25) is 5.72 Å². The zero-order valence-electron chi connectivity index (χ0n) is 11.1. The van der Waals surface area contributed by atoms with E-state index in [4.69, 9.17) is 0 Å². The van der Waals surface area contributed by atoms with Crippen LogP contribution in [-0.4, -0.2) is 55.0 Å². The van der Waals surface area contributed by atoms with Crippen LogP contribution in [0.15, 0.2) is 17.5 Å². The fourth-order valence-corrected chi connectivity index (χ4v) is 1.89. The van der Waals surface area contributed by atoms with Crippen molar-refractivity contribution in [1.29, 1.82) is 0 Å². The lowest BCUT2D eigenvalue weighted by Gasteiger charge is -2.29. The maximum absolute atomic E-state index is 12.9. The van der Waals surface area contributed by atoms with Crippen molar-refractivity contribution in [2.75, 3.05) is 0 Å². The molecule has 0 aliphatic carbocycles. The lowest BCUT2D eigenvalue weighted by molar-refractivity contribution is -0.385. The van der Waals surface area contributed by atoms with Crippen LogP contribution in [0.1, 0.15) is 6.42 Å². The molecule has 1 amide bonds. The molecule has 1 aliphatic rings. The second kappa shape index (κ2) is 5.91. The number of rotatable bonds is 5. The first-order chi connectivity index (χ1) is 10.6. The molecule has 1 N–H and O–H groups in total. The molecular formula is C10H9F4N5O4. The first-order valence-corrected chi connectivity index (χ1v) is 6.01. The highest BCUT2D eigenvalue weighted by Crippen LogP contribution is 2.33. The van der Waals surface area contributed by atoms with Gasteiger partial charge in [0.05, 0.1) is 4.92 Å². The summed E-state index contributed by atoms with van der Waals surface area (Å²) in [5, 5.41) is 26.6. The Morgan fingerprint density at radius 2 is 2.13 bits per heavy atom. The zero-order chi connectivity index (χ0) is 17.4. The molecule has 0 saturated heterocycles. The van der Waals surface area contributed by atoms with Crippen molar-refractivity contribution in [3.63, 3.8) is 0 Å². The van der Waals surface area contributed by atoms with E-state index in [9.17, 15) is 37.6 Å². The van der Waals surface area contributed by atoms with Gasteiger partial charge in [0.1, 0.15) is 24.7 Å². The molecule has 1 aromatic rings. The number of carbonyl (C=O) groups excluding carboxylic acids is 1. The summed E-state index contributed by atoms with van der Waals surface area (Å²) in [4.78, 5) is 21.6. The van der Waals surface area contributed by atoms with Gasteiger partial charge >= 0.3 is 5.69 Å². The van der Waals surface area contributed by atoms with E-state index < -0.39 is 53.8 Å². The third-order valence-electron chi connectivity index (χ3n) is 3.00. The Labute approximate surface area is 124 Å². The third-order valence-corrected chi connectivity index (χ3v) is 3.00. The number of halogens is 4. The molecule has 1 aliphatic heterocycles. The number of carbonyl (C=O) groups is 1. The van der Waals surface area contributed by atoms with Gasteiger partial charge < -0.3 is 5.11 Å². The van der Waals surface area contributed by atoms with Crippen molar-refractivity contribution in [3.8, 4) is 0 Å². The molecule has 9 nitrogen and oxygen atoms in total. The fraction of sp³-hybridized carbons (Fsp3) is 0.500. The Morgan fingerprint density at radius 1 is 1.48 bits per heavy atom. The van der Waals surface area contributed by atoms with Crippen LogP contribution >= 0.6 is 0 Å². The summed E-state index contributed by atoms with van der Waals surface area (Å²) in [7, 11) is 0. The highest BCUT2D eigenvalue weighted by Gasteiger charge is 2.53. The highest BCUT2D eigenvalue weighted by atomic mass is 19.3. The molecule has 13 heteroatoms. The minimum Gasteiger partial charge on any atom is -0.364 e. The van der Waals surface area contributed by atoms with Crippen molar-refractivity contribution in [1.82, 2.24) is 14.8 Å². The Hall–Kier alpha value is -2.57. The van der Waals surface area contributed by atoms with E-state index in [0.29, 0.717) is 0 Å². The Morgan fingerprint density at radius 3 is 2.61 bits per heavy atom. The van der Waals surface area contributed by atoms with Crippen molar-refractivity contribution < 1.29 is 32.4 Å². The van der Waals surface area contributed by atoms with Gasteiger partial charge in [0.25, 0.3) is 18.8 Å². The molecule has 2 rings (SSSR count). The van der Waals surface area contributed by atoms with Gasteiger partial charge in [-0.3, -0.25) is 19.6 Å². The molecule has 1 atom stereocenters. The third kappa shape index (κ3) is 3.13.